The van der Waals surface area contributed by atoms with E-state index in [1.54, 1.807) is 30.1 Å². The summed E-state index contributed by atoms with van der Waals surface area (Å²) in [5.74, 6) is -0.397. The Morgan fingerprint density at radius 3 is 2.59 bits per heavy atom. The number of aliphatic hydroxyl groups excluding tert-OH is 1. The smallest absolute Gasteiger partial charge is 0.129 e. The summed E-state index contributed by atoms with van der Waals surface area (Å²) >= 11 is 0. The van der Waals surface area contributed by atoms with Gasteiger partial charge in [-0.3, -0.25) is 4.68 Å². The van der Waals surface area contributed by atoms with Crippen molar-refractivity contribution in [3.8, 4) is 0 Å². The molecule has 0 amide bonds. The molecule has 0 radical (unpaired) electrons. The van der Waals surface area contributed by atoms with E-state index in [4.69, 9.17) is 0 Å². The number of hydrogen-bond acceptors (Lipinski definition) is 2. The van der Waals surface area contributed by atoms with Crippen molar-refractivity contribution in [2.24, 2.45) is 7.05 Å². The first kappa shape index (κ1) is 11.8. The molecule has 1 atom stereocenters. The van der Waals surface area contributed by atoms with Gasteiger partial charge in [0, 0.05) is 23.9 Å². The molecule has 1 aromatic carbocycles. The highest BCUT2D eigenvalue weighted by Crippen LogP contribution is 2.26. The third-order valence-corrected chi connectivity index (χ3v) is 3.01. The van der Waals surface area contributed by atoms with Crippen molar-refractivity contribution in [3.63, 3.8) is 0 Å². The van der Waals surface area contributed by atoms with Crippen LogP contribution < -0.4 is 0 Å². The van der Waals surface area contributed by atoms with Crippen molar-refractivity contribution in [2.45, 2.75) is 20.0 Å². The highest BCUT2D eigenvalue weighted by Gasteiger charge is 2.19. The van der Waals surface area contributed by atoms with Crippen molar-refractivity contribution in [3.05, 3.63) is 52.6 Å². The van der Waals surface area contributed by atoms with E-state index < -0.39 is 11.9 Å². The predicted molar refractivity (Wildman–Crippen MR) is 63.1 cm³/mol. The van der Waals surface area contributed by atoms with E-state index in [0.29, 0.717) is 11.1 Å². The van der Waals surface area contributed by atoms with Crippen LogP contribution in [0.1, 0.15) is 28.5 Å². The molecule has 2 rings (SSSR count). The molecule has 1 unspecified atom stereocenters. The molecule has 1 N–H and O–H groups in total. The topological polar surface area (TPSA) is 38.1 Å². The van der Waals surface area contributed by atoms with Crippen molar-refractivity contribution in [1.82, 2.24) is 9.78 Å². The van der Waals surface area contributed by atoms with Crippen molar-refractivity contribution in [2.75, 3.05) is 0 Å². The lowest BCUT2D eigenvalue weighted by atomic mass is 10.00. The Kier molecular flexibility index (Phi) is 2.98. The van der Waals surface area contributed by atoms with Gasteiger partial charge in [0.05, 0.1) is 6.20 Å². The summed E-state index contributed by atoms with van der Waals surface area (Å²) in [6, 6.07) is 4.72. The molecule has 0 aliphatic rings. The van der Waals surface area contributed by atoms with E-state index in [9.17, 15) is 9.50 Å². The van der Waals surface area contributed by atoms with Crippen LogP contribution in [0.2, 0.25) is 0 Å². The minimum absolute atomic E-state index is 0.293. The summed E-state index contributed by atoms with van der Waals surface area (Å²) in [4.78, 5) is 0. The standard InChI is InChI=1S/C13H15FN2O/c1-8-4-5-12(14)10(6-8)13(17)11-7-15-16(3)9(11)2/h4-7,13,17H,1-3H3. The highest BCUT2D eigenvalue weighted by atomic mass is 19.1. The average molecular weight is 234 g/mol. The summed E-state index contributed by atoms with van der Waals surface area (Å²) in [5, 5.41) is 14.2. The summed E-state index contributed by atoms with van der Waals surface area (Å²) < 4.78 is 15.3. The minimum Gasteiger partial charge on any atom is -0.383 e. The molecule has 0 bridgehead atoms. The molecule has 1 heterocycles. The molecule has 4 heteroatoms. The summed E-state index contributed by atoms with van der Waals surface area (Å²) in [5.41, 5.74) is 2.68. The van der Waals surface area contributed by atoms with Gasteiger partial charge in [0.1, 0.15) is 11.9 Å². The SMILES string of the molecule is Cc1ccc(F)c(C(O)c2cnn(C)c2C)c1. The largest absolute Gasteiger partial charge is 0.383 e. The fourth-order valence-corrected chi connectivity index (χ4v) is 1.82. The molecule has 0 aliphatic heterocycles. The first-order valence-corrected chi connectivity index (χ1v) is 5.43. The monoisotopic (exact) mass is 234 g/mol. The van der Waals surface area contributed by atoms with Gasteiger partial charge in [0.2, 0.25) is 0 Å². The quantitative estimate of drug-likeness (QED) is 0.865. The van der Waals surface area contributed by atoms with Gasteiger partial charge < -0.3 is 5.11 Å². The number of aliphatic hydroxyl groups is 1. The predicted octanol–water partition coefficient (Wildman–Crippen LogP) is 2.26. The van der Waals surface area contributed by atoms with Crippen LogP contribution in [0.25, 0.3) is 0 Å². The Morgan fingerprint density at radius 1 is 1.29 bits per heavy atom. The van der Waals surface area contributed by atoms with Crippen molar-refractivity contribution >= 4 is 0 Å². The van der Waals surface area contributed by atoms with Gasteiger partial charge in [-0.15, -0.1) is 0 Å². The van der Waals surface area contributed by atoms with Crippen molar-refractivity contribution < 1.29 is 9.50 Å². The van der Waals surface area contributed by atoms with E-state index in [-0.39, 0.29) is 0 Å². The maximum atomic E-state index is 13.7. The molecule has 0 fully saturated rings. The van der Waals surface area contributed by atoms with Crippen LogP contribution in [0.3, 0.4) is 0 Å². The van der Waals surface area contributed by atoms with Gasteiger partial charge in [-0.1, -0.05) is 17.7 Å². The maximum Gasteiger partial charge on any atom is 0.129 e. The van der Waals surface area contributed by atoms with E-state index in [1.165, 1.54) is 6.07 Å². The second-order valence-electron chi connectivity index (χ2n) is 4.24. The van der Waals surface area contributed by atoms with Gasteiger partial charge in [0.15, 0.2) is 0 Å². The number of aromatic nitrogens is 2. The lowest BCUT2D eigenvalue weighted by Crippen LogP contribution is -2.04. The summed E-state index contributed by atoms with van der Waals surface area (Å²) in [6.45, 7) is 3.71. The summed E-state index contributed by atoms with van der Waals surface area (Å²) in [6.07, 6.45) is 0.602. The van der Waals surface area contributed by atoms with Crippen LogP contribution in [0.5, 0.6) is 0 Å². The average Bonchev–Trinajstić information content (AvgIpc) is 2.62. The van der Waals surface area contributed by atoms with Crippen LogP contribution in [0.4, 0.5) is 4.39 Å². The Labute approximate surface area is 99.5 Å². The molecule has 0 saturated carbocycles. The lowest BCUT2D eigenvalue weighted by Gasteiger charge is -2.12. The fourth-order valence-electron chi connectivity index (χ4n) is 1.82. The third-order valence-electron chi connectivity index (χ3n) is 3.01. The Hall–Kier alpha value is -1.68. The first-order chi connectivity index (χ1) is 8.00. The molecule has 0 saturated heterocycles. The normalized spacial score (nSPS) is 12.8. The highest BCUT2D eigenvalue weighted by molar-refractivity contribution is 5.34. The third kappa shape index (κ3) is 2.08. The van der Waals surface area contributed by atoms with Gasteiger partial charge in [0.25, 0.3) is 0 Å². The van der Waals surface area contributed by atoms with Crippen LogP contribution >= 0.6 is 0 Å². The number of rotatable bonds is 2. The molecule has 3 nitrogen and oxygen atoms in total. The van der Waals surface area contributed by atoms with Gasteiger partial charge in [-0.2, -0.15) is 5.10 Å². The Bertz CT molecular complexity index is 548. The van der Waals surface area contributed by atoms with Crippen LogP contribution in [-0.2, 0) is 7.05 Å². The zero-order valence-corrected chi connectivity index (χ0v) is 10.1. The summed E-state index contributed by atoms with van der Waals surface area (Å²) in [7, 11) is 1.79. The van der Waals surface area contributed by atoms with E-state index in [1.807, 2.05) is 13.8 Å². The van der Waals surface area contributed by atoms with E-state index >= 15 is 0 Å². The number of nitrogens with zero attached hydrogens (tertiary/aromatic N) is 2. The molecule has 90 valence electrons. The van der Waals surface area contributed by atoms with Crippen LogP contribution in [0.15, 0.2) is 24.4 Å². The molecular weight excluding hydrogens is 219 g/mol. The van der Waals surface area contributed by atoms with Crippen LogP contribution in [-0.4, -0.2) is 14.9 Å². The second-order valence-corrected chi connectivity index (χ2v) is 4.24. The lowest BCUT2D eigenvalue weighted by molar-refractivity contribution is 0.214. The van der Waals surface area contributed by atoms with Gasteiger partial charge in [-0.05, 0) is 19.9 Å². The number of benzene rings is 1. The van der Waals surface area contributed by atoms with Crippen LogP contribution in [0, 0.1) is 19.7 Å². The maximum absolute atomic E-state index is 13.7. The van der Waals surface area contributed by atoms with Gasteiger partial charge in [-0.25, -0.2) is 4.39 Å². The molecule has 2 aromatic rings. The van der Waals surface area contributed by atoms with E-state index in [2.05, 4.69) is 5.10 Å². The van der Waals surface area contributed by atoms with Crippen molar-refractivity contribution in [1.29, 1.82) is 0 Å². The molecule has 17 heavy (non-hydrogen) atoms. The molecular formula is C13H15FN2O. The Balaban J connectivity index is 2.47. The molecule has 1 aromatic heterocycles. The fraction of sp³-hybridized carbons (Fsp3) is 0.308. The second kappa shape index (κ2) is 4.30. The molecule has 0 aliphatic carbocycles. The molecule has 0 spiro atoms. The minimum atomic E-state index is -0.969. The number of hydrogen-bond donors (Lipinski definition) is 1. The number of aryl methyl sites for hydroxylation is 2. The Morgan fingerprint density at radius 2 is 2.00 bits per heavy atom. The zero-order chi connectivity index (χ0) is 12.6. The van der Waals surface area contributed by atoms with E-state index in [0.717, 1.165) is 11.3 Å². The van der Waals surface area contributed by atoms with Gasteiger partial charge >= 0.3 is 0 Å². The zero-order valence-electron chi connectivity index (χ0n) is 10.1. The number of halogens is 1. The first-order valence-electron chi connectivity index (χ1n) is 5.43.